The number of ether oxygens (including phenoxy) is 1. The summed E-state index contributed by atoms with van der Waals surface area (Å²) in [7, 11) is -3.87. The minimum atomic E-state index is -3.87. The first kappa shape index (κ1) is 22.4. The molecular weight excluding hydrogens is 412 g/mol. The van der Waals surface area contributed by atoms with Crippen LogP contribution in [-0.2, 0) is 10.0 Å². The van der Waals surface area contributed by atoms with Crippen LogP contribution in [0.15, 0.2) is 71.6 Å². The third-order valence-electron chi connectivity index (χ3n) is 4.59. The summed E-state index contributed by atoms with van der Waals surface area (Å²) in [5.41, 5.74) is 2.65. The Morgan fingerprint density at radius 1 is 0.903 bits per heavy atom. The van der Waals surface area contributed by atoms with Crippen LogP contribution in [-0.4, -0.2) is 20.4 Å². The molecule has 0 spiro atoms. The lowest BCUT2D eigenvalue weighted by atomic mass is 10.1. The zero-order valence-electron chi connectivity index (χ0n) is 18.0. The number of carbonyl (C=O) groups is 1. The third-order valence-corrected chi connectivity index (χ3v) is 6.10. The van der Waals surface area contributed by atoms with E-state index in [2.05, 4.69) is 10.0 Å². The highest BCUT2D eigenvalue weighted by molar-refractivity contribution is 7.92. The highest BCUT2D eigenvalue weighted by Crippen LogP contribution is 2.24. The van der Waals surface area contributed by atoms with Gasteiger partial charge in [-0.05, 0) is 69.2 Å². The second kappa shape index (κ2) is 9.22. The largest absolute Gasteiger partial charge is 0.491 e. The molecule has 3 aromatic rings. The molecule has 162 valence electrons. The highest BCUT2D eigenvalue weighted by atomic mass is 32.2. The Hall–Kier alpha value is -3.32. The Kier molecular flexibility index (Phi) is 6.65. The topological polar surface area (TPSA) is 84.5 Å². The van der Waals surface area contributed by atoms with Crippen molar-refractivity contribution in [1.29, 1.82) is 0 Å². The first-order chi connectivity index (χ1) is 14.7. The SMILES string of the molecule is Cc1ccccc1NS(=O)(=O)c1cc(C(=O)Nc2cccc(OC(C)C)c2)ccc1C. The van der Waals surface area contributed by atoms with Gasteiger partial charge < -0.3 is 10.1 Å². The summed E-state index contributed by atoms with van der Waals surface area (Å²) in [6, 6.07) is 18.8. The number of hydrogen-bond donors (Lipinski definition) is 2. The molecule has 0 saturated carbocycles. The molecule has 3 aromatic carbocycles. The van der Waals surface area contributed by atoms with Crippen molar-refractivity contribution < 1.29 is 17.9 Å². The van der Waals surface area contributed by atoms with Crippen molar-refractivity contribution in [3.8, 4) is 5.75 Å². The normalized spacial score (nSPS) is 11.3. The number of hydrogen-bond acceptors (Lipinski definition) is 4. The van der Waals surface area contributed by atoms with E-state index in [1.807, 2.05) is 39.0 Å². The zero-order valence-corrected chi connectivity index (χ0v) is 18.8. The Bertz CT molecular complexity index is 1200. The van der Waals surface area contributed by atoms with E-state index < -0.39 is 15.9 Å². The molecule has 0 saturated heterocycles. The fraction of sp³-hybridized carbons (Fsp3) is 0.208. The molecule has 0 aliphatic carbocycles. The summed E-state index contributed by atoms with van der Waals surface area (Å²) < 4.78 is 34.2. The van der Waals surface area contributed by atoms with Gasteiger partial charge in [0.1, 0.15) is 5.75 Å². The van der Waals surface area contributed by atoms with Gasteiger partial charge in [-0.1, -0.05) is 30.3 Å². The Morgan fingerprint density at radius 3 is 2.35 bits per heavy atom. The quantitative estimate of drug-likeness (QED) is 0.535. The van der Waals surface area contributed by atoms with Gasteiger partial charge in [-0.15, -0.1) is 0 Å². The number of amides is 1. The van der Waals surface area contributed by atoms with E-state index in [4.69, 9.17) is 4.74 Å². The van der Waals surface area contributed by atoms with Crippen LogP contribution in [0.5, 0.6) is 5.75 Å². The second-order valence-electron chi connectivity index (χ2n) is 7.55. The summed E-state index contributed by atoms with van der Waals surface area (Å²) in [5.74, 6) is 0.233. The molecule has 0 radical (unpaired) electrons. The molecule has 31 heavy (non-hydrogen) atoms. The maximum atomic E-state index is 13.0. The monoisotopic (exact) mass is 438 g/mol. The standard InChI is InChI=1S/C24H26N2O4S/c1-16(2)30-21-10-7-9-20(15-21)25-24(27)19-13-12-18(4)23(14-19)31(28,29)26-22-11-6-5-8-17(22)3/h5-16,26H,1-4H3,(H,25,27). The van der Waals surface area contributed by atoms with Crippen molar-refractivity contribution in [1.82, 2.24) is 0 Å². The van der Waals surface area contributed by atoms with Gasteiger partial charge in [0.15, 0.2) is 0 Å². The Balaban J connectivity index is 1.85. The molecule has 0 aliphatic heterocycles. The van der Waals surface area contributed by atoms with Crippen molar-refractivity contribution in [2.45, 2.75) is 38.7 Å². The molecule has 0 aromatic heterocycles. The fourth-order valence-corrected chi connectivity index (χ4v) is 4.44. The third kappa shape index (κ3) is 5.64. The van der Waals surface area contributed by atoms with Crippen LogP contribution in [0.1, 0.15) is 35.3 Å². The number of para-hydroxylation sites is 1. The molecular formula is C24H26N2O4S. The minimum Gasteiger partial charge on any atom is -0.491 e. The van der Waals surface area contributed by atoms with Crippen LogP contribution >= 0.6 is 0 Å². The molecule has 0 aliphatic rings. The average Bonchev–Trinajstić information content (AvgIpc) is 2.69. The summed E-state index contributed by atoms with van der Waals surface area (Å²) in [4.78, 5) is 12.8. The molecule has 7 heteroatoms. The summed E-state index contributed by atoms with van der Waals surface area (Å²) in [6.45, 7) is 7.36. The predicted octanol–water partition coefficient (Wildman–Crippen LogP) is 5.14. The van der Waals surface area contributed by atoms with Gasteiger partial charge in [0.25, 0.3) is 15.9 Å². The van der Waals surface area contributed by atoms with Crippen LogP contribution in [0.4, 0.5) is 11.4 Å². The molecule has 0 atom stereocenters. The van der Waals surface area contributed by atoms with Crippen LogP contribution < -0.4 is 14.8 Å². The molecule has 0 unspecified atom stereocenters. The lowest BCUT2D eigenvalue weighted by molar-refractivity contribution is 0.102. The van der Waals surface area contributed by atoms with Gasteiger partial charge in [-0.25, -0.2) is 8.42 Å². The zero-order chi connectivity index (χ0) is 22.6. The lowest BCUT2D eigenvalue weighted by Gasteiger charge is -2.14. The van der Waals surface area contributed by atoms with Gasteiger partial charge in [0.05, 0.1) is 16.7 Å². The molecule has 6 nitrogen and oxygen atoms in total. The first-order valence-electron chi connectivity index (χ1n) is 9.93. The minimum absolute atomic E-state index is 0.0107. The van der Waals surface area contributed by atoms with Crippen molar-refractivity contribution >= 4 is 27.3 Å². The van der Waals surface area contributed by atoms with E-state index in [1.54, 1.807) is 49.4 Å². The average molecular weight is 439 g/mol. The van der Waals surface area contributed by atoms with Gasteiger partial charge in [-0.2, -0.15) is 0 Å². The van der Waals surface area contributed by atoms with E-state index in [1.165, 1.54) is 6.07 Å². The number of carbonyl (C=O) groups excluding carboxylic acids is 1. The van der Waals surface area contributed by atoms with Crippen molar-refractivity contribution in [2.24, 2.45) is 0 Å². The molecule has 0 fully saturated rings. The smallest absolute Gasteiger partial charge is 0.262 e. The van der Waals surface area contributed by atoms with Gasteiger partial charge in [-0.3, -0.25) is 9.52 Å². The number of rotatable bonds is 7. The molecule has 0 heterocycles. The molecule has 3 rings (SSSR count). The van der Waals surface area contributed by atoms with Gasteiger partial charge in [0, 0.05) is 17.3 Å². The van der Waals surface area contributed by atoms with E-state index in [-0.39, 0.29) is 16.6 Å². The number of anilines is 2. The van der Waals surface area contributed by atoms with E-state index >= 15 is 0 Å². The Labute approximate surface area is 183 Å². The summed E-state index contributed by atoms with van der Waals surface area (Å²) >= 11 is 0. The van der Waals surface area contributed by atoms with Crippen LogP contribution in [0.2, 0.25) is 0 Å². The van der Waals surface area contributed by atoms with Crippen molar-refractivity contribution in [3.05, 3.63) is 83.4 Å². The number of nitrogens with one attached hydrogen (secondary N) is 2. The van der Waals surface area contributed by atoms with Crippen LogP contribution in [0.25, 0.3) is 0 Å². The van der Waals surface area contributed by atoms with Crippen molar-refractivity contribution in [3.63, 3.8) is 0 Å². The van der Waals surface area contributed by atoms with Crippen LogP contribution in [0.3, 0.4) is 0 Å². The van der Waals surface area contributed by atoms with E-state index in [0.29, 0.717) is 22.7 Å². The number of benzene rings is 3. The summed E-state index contributed by atoms with van der Waals surface area (Å²) in [5, 5.41) is 2.79. The van der Waals surface area contributed by atoms with Gasteiger partial charge in [0.2, 0.25) is 0 Å². The molecule has 0 bridgehead atoms. The maximum Gasteiger partial charge on any atom is 0.262 e. The van der Waals surface area contributed by atoms with Crippen LogP contribution in [0, 0.1) is 13.8 Å². The maximum absolute atomic E-state index is 13.0. The Morgan fingerprint density at radius 2 is 1.65 bits per heavy atom. The number of aryl methyl sites for hydroxylation is 2. The highest BCUT2D eigenvalue weighted by Gasteiger charge is 2.20. The second-order valence-corrected chi connectivity index (χ2v) is 9.20. The van der Waals surface area contributed by atoms with E-state index in [0.717, 1.165) is 5.56 Å². The molecule has 1 amide bonds. The van der Waals surface area contributed by atoms with E-state index in [9.17, 15) is 13.2 Å². The lowest BCUT2D eigenvalue weighted by Crippen LogP contribution is -2.17. The number of sulfonamides is 1. The van der Waals surface area contributed by atoms with Crippen molar-refractivity contribution in [2.75, 3.05) is 10.0 Å². The van der Waals surface area contributed by atoms with Gasteiger partial charge >= 0.3 is 0 Å². The first-order valence-corrected chi connectivity index (χ1v) is 11.4. The molecule has 2 N–H and O–H groups in total. The fourth-order valence-electron chi connectivity index (χ4n) is 3.04. The summed E-state index contributed by atoms with van der Waals surface area (Å²) in [6.07, 6.45) is 0.0107. The predicted molar refractivity (Wildman–Crippen MR) is 123 cm³/mol.